The SMILES string of the molecule is CCCCCc1ccc(-c2cc(F)c(-c3cc(F)c(-c4cc(F)c(/C=C/C(F)(F)Oc5cc(F)c(F)c(F)c5)c(F)c4)c(F)c3)c(Cl)c2)cc1. The van der Waals surface area contributed by atoms with Crippen molar-refractivity contribution < 1.29 is 48.6 Å². The molecule has 50 heavy (non-hydrogen) atoms. The highest BCUT2D eigenvalue weighted by Crippen LogP contribution is 2.39. The Balaban J connectivity index is 1.39. The van der Waals surface area contributed by atoms with Gasteiger partial charge in [-0.15, -0.1) is 0 Å². The minimum Gasteiger partial charge on any atom is -0.429 e. The molecule has 0 unspecified atom stereocenters. The summed E-state index contributed by atoms with van der Waals surface area (Å²) in [5.74, 6) is -13.3. The van der Waals surface area contributed by atoms with Crippen molar-refractivity contribution >= 4 is 17.7 Å². The van der Waals surface area contributed by atoms with Crippen LogP contribution >= 0.6 is 11.6 Å². The number of benzene rings is 5. The quantitative estimate of drug-likeness (QED) is 0.0749. The van der Waals surface area contributed by atoms with Crippen molar-refractivity contribution in [1.82, 2.24) is 0 Å². The highest BCUT2D eigenvalue weighted by molar-refractivity contribution is 6.33. The van der Waals surface area contributed by atoms with Crippen molar-refractivity contribution in [2.45, 2.75) is 38.7 Å². The highest BCUT2D eigenvalue weighted by atomic mass is 35.5. The average molecular weight is 723 g/mol. The van der Waals surface area contributed by atoms with E-state index >= 15 is 13.2 Å². The summed E-state index contributed by atoms with van der Waals surface area (Å²) in [5, 5.41) is -0.151. The Bertz CT molecular complexity index is 1980. The van der Waals surface area contributed by atoms with Gasteiger partial charge >= 0.3 is 6.11 Å². The zero-order valence-corrected chi connectivity index (χ0v) is 26.7. The molecule has 0 fully saturated rings. The van der Waals surface area contributed by atoms with Gasteiger partial charge in [0.05, 0.1) is 10.6 Å². The van der Waals surface area contributed by atoms with E-state index in [4.69, 9.17) is 11.6 Å². The predicted molar refractivity (Wildman–Crippen MR) is 172 cm³/mol. The van der Waals surface area contributed by atoms with Gasteiger partial charge in [-0.25, -0.2) is 35.1 Å². The van der Waals surface area contributed by atoms with Crippen LogP contribution in [0.1, 0.15) is 37.3 Å². The van der Waals surface area contributed by atoms with Crippen LogP contribution < -0.4 is 4.74 Å². The van der Waals surface area contributed by atoms with E-state index < -0.39 is 75.1 Å². The van der Waals surface area contributed by atoms with Crippen molar-refractivity contribution in [3.05, 3.63) is 142 Å². The predicted octanol–water partition coefficient (Wildman–Crippen LogP) is 12.9. The van der Waals surface area contributed by atoms with Crippen LogP contribution in [0.3, 0.4) is 0 Å². The van der Waals surface area contributed by atoms with Gasteiger partial charge in [-0.1, -0.05) is 55.6 Å². The van der Waals surface area contributed by atoms with Gasteiger partial charge in [0, 0.05) is 29.3 Å². The Hall–Kier alpha value is -4.77. The second kappa shape index (κ2) is 15.0. The molecule has 5 aromatic carbocycles. The van der Waals surface area contributed by atoms with E-state index in [1.807, 2.05) is 24.3 Å². The van der Waals surface area contributed by atoms with Gasteiger partial charge in [0.15, 0.2) is 17.5 Å². The molecule has 1 nitrogen and oxygen atoms in total. The fourth-order valence-corrected chi connectivity index (χ4v) is 5.62. The molecule has 0 N–H and O–H groups in total. The Labute approximate surface area is 285 Å². The number of alkyl halides is 2. The minimum atomic E-state index is -4.39. The Kier molecular flexibility index (Phi) is 11.0. The summed E-state index contributed by atoms with van der Waals surface area (Å²) in [6.45, 7) is 2.11. The molecule has 0 saturated carbocycles. The largest absolute Gasteiger partial charge is 0.429 e. The molecule has 0 aliphatic rings. The first-order chi connectivity index (χ1) is 23.7. The number of halogens is 11. The van der Waals surface area contributed by atoms with E-state index in [0.717, 1.165) is 43.4 Å². The maximum atomic E-state index is 15.4. The lowest BCUT2D eigenvalue weighted by molar-refractivity contribution is -0.131. The molecular weight excluding hydrogens is 698 g/mol. The van der Waals surface area contributed by atoms with Gasteiger partial charge in [0.1, 0.15) is 34.8 Å². The Morgan fingerprint density at radius 2 is 1.12 bits per heavy atom. The van der Waals surface area contributed by atoms with Crippen molar-refractivity contribution in [1.29, 1.82) is 0 Å². The molecule has 0 aromatic heterocycles. The molecule has 12 heteroatoms. The van der Waals surface area contributed by atoms with Crippen LogP contribution in [0.5, 0.6) is 5.75 Å². The zero-order valence-electron chi connectivity index (χ0n) is 26.0. The first-order valence-corrected chi connectivity index (χ1v) is 15.5. The second-order valence-electron chi connectivity index (χ2n) is 11.3. The maximum Gasteiger partial charge on any atom is 0.419 e. The molecule has 0 heterocycles. The Morgan fingerprint density at radius 1 is 0.600 bits per heavy atom. The summed E-state index contributed by atoms with van der Waals surface area (Å²) in [5.41, 5.74) is -1.03. The first-order valence-electron chi connectivity index (χ1n) is 15.1. The molecule has 0 aliphatic heterocycles. The third kappa shape index (κ3) is 8.16. The molecule has 0 amide bonds. The van der Waals surface area contributed by atoms with Crippen LogP contribution in [0.4, 0.5) is 43.9 Å². The van der Waals surface area contributed by atoms with E-state index in [1.165, 1.54) is 12.1 Å². The first kappa shape index (κ1) is 36.5. The molecule has 5 rings (SSSR count). The lowest BCUT2D eigenvalue weighted by atomic mass is 9.95. The molecule has 0 saturated heterocycles. The molecule has 0 bridgehead atoms. The summed E-state index contributed by atoms with van der Waals surface area (Å²) >= 11 is 6.38. The summed E-state index contributed by atoms with van der Waals surface area (Å²) in [4.78, 5) is 0. The van der Waals surface area contributed by atoms with E-state index in [9.17, 15) is 30.7 Å². The molecular formula is C38H25ClF10O. The monoisotopic (exact) mass is 722 g/mol. The summed E-state index contributed by atoms with van der Waals surface area (Å²) < 4.78 is 148. The van der Waals surface area contributed by atoms with E-state index in [-0.39, 0.29) is 40.4 Å². The number of hydrogen-bond donors (Lipinski definition) is 0. The van der Waals surface area contributed by atoms with Crippen LogP contribution in [-0.4, -0.2) is 6.11 Å². The van der Waals surface area contributed by atoms with Crippen LogP contribution in [0, 0.1) is 46.5 Å². The molecule has 5 aromatic rings. The van der Waals surface area contributed by atoms with E-state index in [1.54, 1.807) is 0 Å². The molecule has 0 aliphatic carbocycles. The van der Waals surface area contributed by atoms with Crippen LogP contribution in [0.25, 0.3) is 39.5 Å². The molecule has 0 atom stereocenters. The number of unbranched alkanes of at least 4 members (excludes halogenated alkanes) is 2. The van der Waals surface area contributed by atoms with Crippen LogP contribution in [0.15, 0.2) is 78.9 Å². The topological polar surface area (TPSA) is 9.23 Å². The van der Waals surface area contributed by atoms with Gasteiger partial charge in [-0.3, -0.25) is 0 Å². The lowest BCUT2D eigenvalue weighted by Gasteiger charge is -2.15. The number of rotatable bonds is 11. The normalized spacial score (nSPS) is 11.8. The summed E-state index contributed by atoms with van der Waals surface area (Å²) in [7, 11) is 0. The second-order valence-corrected chi connectivity index (χ2v) is 11.7. The third-order valence-electron chi connectivity index (χ3n) is 7.75. The highest BCUT2D eigenvalue weighted by Gasteiger charge is 2.30. The fraction of sp³-hybridized carbons (Fsp3) is 0.158. The average Bonchev–Trinajstić information content (AvgIpc) is 3.03. The Morgan fingerprint density at radius 3 is 1.68 bits per heavy atom. The standard InChI is InChI=1S/C38H25ClF10O/c1-2-3-4-5-20-6-8-21(9-7-20)22-12-27(39)35(30(42)13-22)23-16-31(43)36(32(44)17-23)24-14-28(40)26(29(41)15-24)10-11-38(48,49)50-25-18-33(45)37(47)34(46)19-25/h6-19H,2-5H2,1H3/b11-10+. The van der Waals surface area contributed by atoms with Gasteiger partial charge in [0.25, 0.3) is 0 Å². The minimum absolute atomic E-state index is 0.136. The lowest BCUT2D eigenvalue weighted by Crippen LogP contribution is -2.21. The molecule has 0 radical (unpaired) electrons. The van der Waals surface area contributed by atoms with Gasteiger partial charge in [-0.05, 0) is 83.1 Å². The van der Waals surface area contributed by atoms with Crippen molar-refractivity contribution in [2.24, 2.45) is 0 Å². The fourth-order valence-electron chi connectivity index (χ4n) is 5.30. The van der Waals surface area contributed by atoms with Gasteiger partial charge in [0.2, 0.25) is 0 Å². The summed E-state index contributed by atoms with van der Waals surface area (Å²) in [6.07, 6.45) is -0.189. The van der Waals surface area contributed by atoms with E-state index in [2.05, 4.69) is 11.7 Å². The van der Waals surface area contributed by atoms with E-state index in [0.29, 0.717) is 23.3 Å². The maximum absolute atomic E-state index is 15.4. The van der Waals surface area contributed by atoms with Gasteiger partial charge < -0.3 is 4.74 Å². The van der Waals surface area contributed by atoms with Crippen molar-refractivity contribution in [3.63, 3.8) is 0 Å². The number of ether oxygens (including phenoxy) is 1. The van der Waals surface area contributed by atoms with Crippen LogP contribution in [0.2, 0.25) is 5.02 Å². The van der Waals surface area contributed by atoms with Crippen LogP contribution in [-0.2, 0) is 6.42 Å². The third-order valence-corrected chi connectivity index (χ3v) is 8.05. The molecule has 260 valence electrons. The number of aryl methyl sites for hydroxylation is 1. The smallest absolute Gasteiger partial charge is 0.419 e. The van der Waals surface area contributed by atoms with Crippen molar-refractivity contribution in [3.8, 4) is 39.1 Å². The summed E-state index contributed by atoms with van der Waals surface area (Å²) in [6, 6.07) is 12.8. The molecule has 0 spiro atoms. The van der Waals surface area contributed by atoms with Crippen molar-refractivity contribution in [2.75, 3.05) is 0 Å². The zero-order chi connectivity index (χ0) is 36.3. The number of hydrogen-bond acceptors (Lipinski definition) is 1. The van der Waals surface area contributed by atoms with Gasteiger partial charge in [-0.2, -0.15) is 8.78 Å².